The minimum atomic E-state index is 0. The molecule has 8 atom stereocenters. The summed E-state index contributed by atoms with van der Waals surface area (Å²) >= 11 is 0. The molecular weight excluding hydrogens is 424 g/mol. The number of methoxy groups -OCH3 is 1. The number of hydrogen-bond acceptors (Lipinski definition) is 4. The average molecular weight is 479 g/mol. The van der Waals surface area contributed by atoms with Gasteiger partial charge in [0.2, 0.25) is 0 Å². The molecule has 8 unspecified atom stereocenters. The molecule has 1 aliphatic heterocycles. The van der Waals surface area contributed by atoms with Crippen LogP contribution in [0.5, 0.6) is 0 Å². The lowest BCUT2D eigenvalue weighted by Gasteiger charge is -2.18. The Bertz CT molecular complexity index is 566. The fourth-order valence-electron chi connectivity index (χ4n) is 4.97. The van der Waals surface area contributed by atoms with E-state index >= 15 is 0 Å². The second kappa shape index (κ2) is 18.1. The van der Waals surface area contributed by atoms with Gasteiger partial charge in [-0.1, -0.05) is 46.1 Å². The van der Waals surface area contributed by atoms with Crippen molar-refractivity contribution in [3.63, 3.8) is 0 Å². The number of epoxide rings is 1. The highest BCUT2D eigenvalue weighted by Crippen LogP contribution is 2.38. The normalized spacial score (nSPS) is 32.2. The minimum absolute atomic E-state index is 0. The third kappa shape index (κ3) is 11.0. The molecule has 0 N–H and O–H groups in total. The molecule has 3 aliphatic rings. The molecule has 198 valence electrons. The van der Waals surface area contributed by atoms with Crippen molar-refractivity contribution in [2.24, 2.45) is 35.5 Å². The molecule has 0 aromatic carbocycles. The van der Waals surface area contributed by atoms with Crippen LogP contribution >= 0.6 is 0 Å². The second-order valence-corrected chi connectivity index (χ2v) is 9.55. The second-order valence-electron chi connectivity index (χ2n) is 9.55. The van der Waals surface area contributed by atoms with Crippen molar-refractivity contribution in [2.45, 2.75) is 66.1 Å². The van der Waals surface area contributed by atoms with Gasteiger partial charge in [0.15, 0.2) is 0 Å². The molecule has 0 amide bonds. The van der Waals surface area contributed by atoms with E-state index in [-0.39, 0.29) is 21.0 Å². The van der Waals surface area contributed by atoms with E-state index in [1.165, 1.54) is 25.7 Å². The topological polar surface area (TPSA) is 40.2 Å². The van der Waals surface area contributed by atoms with Gasteiger partial charge in [-0.25, -0.2) is 0 Å². The lowest BCUT2D eigenvalue weighted by molar-refractivity contribution is -0.00642. The first-order valence-corrected chi connectivity index (χ1v) is 12.4. The van der Waals surface area contributed by atoms with Crippen LogP contribution in [0, 0.1) is 35.5 Å². The summed E-state index contributed by atoms with van der Waals surface area (Å²) in [4.78, 5) is 0. The zero-order valence-electron chi connectivity index (χ0n) is 20.5. The SMILES string of the molecule is C.C.C=CC1CC(C=C)C(COCC(CC)OC)C1.C=CC1CC(C=C)C(COCC2CO2)C1. The average Bonchev–Trinajstić information content (AvgIpc) is 3.42. The molecule has 1 saturated heterocycles. The Morgan fingerprint density at radius 2 is 1.29 bits per heavy atom. The first-order valence-electron chi connectivity index (χ1n) is 12.4. The quantitative estimate of drug-likeness (QED) is 0.197. The molecular formula is C30H54O4. The van der Waals surface area contributed by atoms with Crippen LogP contribution in [0.3, 0.4) is 0 Å². The predicted octanol–water partition coefficient (Wildman–Crippen LogP) is 7.13. The molecule has 2 saturated carbocycles. The van der Waals surface area contributed by atoms with Crippen LogP contribution < -0.4 is 0 Å². The summed E-state index contributed by atoms with van der Waals surface area (Å²) in [6.07, 6.45) is 14.7. The monoisotopic (exact) mass is 478 g/mol. The van der Waals surface area contributed by atoms with Crippen molar-refractivity contribution < 1.29 is 18.9 Å². The molecule has 4 nitrogen and oxygen atoms in total. The number of hydrogen-bond donors (Lipinski definition) is 0. The third-order valence-corrected chi connectivity index (χ3v) is 7.31. The van der Waals surface area contributed by atoms with Gasteiger partial charge in [-0.3, -0.25) is 0 Å². The number of rotatable bonds is 14. The summed E-state index contributed by atoms with van der Waals surface area (Å²) in [7, 11) is 1.74. The van der Waals surface area contributed by atoms with Gasteiger partial charge in [0.25, 0.3) is 0 Å². The Kier molecular flexibility index (Phi) is 17.5. The van der Waals surface area contributed by atoms with Crippen LogP contribution in [0.15, 0.2) is 50.6 Å². The van der Waals surface area contributed by atoms with Gasteiger partial charge < -0.3 is 18.9 Å². The van der Waals surface area contributed by atoms with Crippen molar-refractivity contribution in [2.75, 3.05) is 40.1 Å². The van der Waals surface area contributed by atoms with Gasteiger partial charge >= 0.3 is 0 Å². The summed E-state index contributed by atoms with van der Waals surface area (Å²) in [6, 6.07) is 0. The molecule has 0 radical (unpaired) electrons. The highest BCUT2D eigenvalue weighted by Gasteiger charge is 2.32. The predicted molar refractivity (Wildman–Crippen MR) is 146 cm³/mol. The maximum atomic E-state index is 5.78. The van der Waals surface area contributed by atoms with Crippen LogP contribution in [0.4, 0.5) is 0 Å². The first-order chi connectivity index (χ1) is 15.6. The molecule has 0 bridgehead atoms. The standard InChI is InChI=1S/C15H26O2.C13H20O2.2CH4/c1-5-12-8-13(6-2)14(9-12)10-17-11-15(7-3)16-4;1-3-10-5-11(4-2)12(6-10)7-14-8-13-9-15-13;;/h5-6,12-15H,1-2,7-11H2,3-4H3;3-4,10-13H,1-2,5-9H2;2*1H4. The maximum Gasteiger partial charge on any atom is 0.104 e. The summed E-state index contributed by atoms with van der Waals surface area (Å²) < 4.78 is 21.8. The Morgan fingerprint density at radius 1 is 0.794 bits per heavy atom. The number of ether oxygens (including phenoxy) is 4. The van der Waals surface area contributed by atoms with Gasteiger partial charge in [0.1, 0.15) is 6.10 Å². The molecule has 0 aromatic rings. The van der Waals surface area contributed by atoms with E-state index in [4.69, 9.17) is 18.9 Å². The molecule has 3 rings (SSSR count). The largest absolute Gasteiger partial charge is 0.379 e. The van der Waals surface area contributed by atoms with Gasteiger partial charge in [-0.2, -0.15) is 0 Å². The summed E-state index contributed by atoms with van der Waals surface area (Å²) in [5.74, 6) is 3.71. The summed E-state index contributed by atoms with van der Waals surface area (Å²) in [6.45, 7) is 21.7. The highest BCUT2D eigenvalue weighted by molar-refractivity contribution is 4.98. The molecule has 34 heavy (non-hydrogen) atoms. The molecule has 1 heterocycles. The van der Waals surface area contributed by atoms with Gasteiger partial charge in [0.05, 0.1) is 39.1 Å². The summed E-state index contributed by atoms with van der Waals surface area (Å²) in [5, 5.41) is 0. The zero-order valence-corrected chi connectivity index (χ0v) is 20.5. The molecule has 3 fully saturated rings. The smallest absolute Gasteiger partial charge is 0.104 e. The van der Waals surface area contributed by atoms with Gasteiger partial charge in [0, 0.05) is 7.11 Å². The fraction of sp³-hybridized carbons (Fsp3) is 0.733. The van der Waals surface area contributed by atoms with E-state index in [1.54, 1.807) is 7.11 Å². The van der Waals surface area contributed by atoms with Crippen molar-refractivity contribution in [3.05, 3.63) is 50.6 Å². The van der Waals surface area contributed by atoms with Crippen molar-refractivity contribution >= 4 is 0 Å². The molecule has 0 aromatic heterocycles. The molecule has 4 heteroatoms. The Hall–Kier alpha value is -1.20. The van der Waals surface area contributed by atoms with E-state index in [0.29, 0.717) is 48.2 Å². The number of allylic oxidation sites excluding steroid dienone is 4. The van der Waals surface area contributed by atoms with Crippen molar-refractivity contribution in [1.29, 1.82) is 0 Å². The van der Waals surface area contributed by atoms with E-state index in [0.717, 1.165) is 32.8 Å². The zero-order chi connectivity index (χ0) is 23.3. The third-order valence-electron chi connectivity index (χ3n) is 7.31. The van der Waals surface area contributed by atoms with E-state index in [2.05, 4.69) is 57.5 Å². The van der Waals surface area contributed by atoms with Gasteiger partial charge in [-0.15, -0.1) is 26.3 Å². The molecule has 2 aliphatic carbocycles. The van der Waals surface area contributed by atoms with Crippen LogP contribution in [0.2, 0.25) is 0 Å². The Balaban J connectivity index is 0.000000608. The Labute approximate surface area is 211 Å². The summed E-state index contributed by atoms with van der Waals surface area (Å²) in [5.41, 5.74) is 0. The lowest BCUT2D eigenvalue weighted by atomic mass is 9.97. The van der Waals surface area contributed by atoms with Gasteiger partial charge in [-0.05, 0) is 67.6 Å². The minimum Gasteiger partial charge on any atom is -0.379 e. The van der Waals surface area contributed by atoms with Crippen LogP contribution in [0.1, 0.15) is 53.9 Å². The fourth-order valence-corrected chi connectivity index (χ4v) is 4.97. The van der Waals surface area contributed by atoms with Crippen LogP contribution in [-0.2, 0) is 18.9 Å². The maximum absolute atomic E-state index is 5.78. The van der Waals surface area contributed by atoms with Crippen LogP contribution in [0.25, 0.3) is 0 Å². The van der Waals surface area contributed by atoms with E-state index in [9.17, 15) is 0 Å². The van der Waals surface area contributed by atoms with Crippen molar-refractivity contribution in [3.8, 4) is 0 Å². The van der Waals surface area contributed by atoms with E-state index in [1.807, 2.05) is 0 Å². The lowest BCUT2D eigenvalue weighted by Crippen LogP contribution is -2.21. The Morgan fingerprint density at radius 3 is 1.68 bits per heavy atom. The molecule has 0 spiro atoms. The highest BCUT2D eigenvalue weighted by atomic mass is 16.6. The van der Waals surface area contributed by atoms with Crippen molar-refractivity contribution in [1.82, 2.24) is 0 Å². The first kappa shape index (κ1) is 32.8. The van der Waals surface area contributed by atoms with Crippen LogP contribution in [-0.4, -0.2) is 52.4 Å². The van der Waals surface area contributed by atoms with E-state index < -0.39 is 0 Å².